The minimum absolute atomic E-state index is 0.0869. The van der Waals surface area contributed by atoms with Gasteiger partial charge in [-0.1, -0.05) is 12.2 Å². The van der Waals surface area contributed by atoms with E-state index in [1.807, 2.05) is 0 Å². The van der Waals surface area contributed by atoms with Gasteiger partial charge in [-0.3, -0.25) is 0 Å². The first-order chi connectivity index (χ1) is 9.63. The van der Waals surface area contributed by atoms with Crippen LogP contribution in [0.4, 0.5) is 4.39 Å². The van der Waals surface area contributed by atoms with Gasteiger partial charge >= 0.3 is 0 Å². The quantitative estimate of drug-likeness (QED) is 0.881. The largest absolute Gasteiger partial charge is 0.454 e. The highest BCUT2D eigenvalue weighted by atomic mass is 32.1. The van der Waals surface area contributed by atoms with Crippen molar-refractivity contribution in [2.75, 3.05) is 6.79 Å². The fraction of sp³-hybridized carbons (Fsp3) is 0.0714. The zero-order chi connectivity index (χ0) is 14.1. The molecule has 1 heterocycles. The second-order valence-corrected chi connectivity index (χ2v) is 4.57. The molecule has 2 N–H and O–H groups in total. The third kappa shape index (κ3) is 2.37. The molecule has 102 valence electrons. The van der Waals surface area contributed by atoms with E-state index in [0.29, 0.717) is 22.8 Å². The van der Waals surface area contributed by atoms with Crippen LogP contribution in [0.5, 0.6) is 23.0 Å². The fourth-order valence-electron chi connectivity index (χ4n) is 1.80. The van der Waals surface area contributed by atoms with Gasteiger partial charge in [0.2, 0.25) is 6.79 Å². The lowest BCUT2D eigenvalue weighted by Gasteiger charge is -2.08. The first-order valence-corrected chi connectivity index (χ1v) is 6.21. The molecular weight excluding hydrogens is 281 g/mol. The number of nitrogens with two attached hydrogens (primary N) is 1. The molecule has 2 aromatic carbocycles. The third-order valence-electron chi connectivity index (χ3n) is 2.79. The molecule has 0 atom stereocenters. The monoisotopic (exact) mass is 291 g/mol. The highest BCUT2D eigenvalue weighted by Gasteiger charge is 2.15. The topological polar surface area (TPSA) is 53.7 Å². The van der Waals surface area contributed by atoms with Crippen LogP contribution in [0.15, 0.2) is 36.4 Å². The summed E-state index contributed by atoms with van der Waals surface area (Å²) in [5.41, 5.74) is 5.89. The second kappa shape index (κ2) is 4.97. The Hall–Kier alpha value is -2.34. The Kier molecular flexibility index (Phi) is 3.15. The Labute approximate surface area is 119 Å². The number of fused-ring (bicyclic) bond motifs is 1. The van der Waals surface area contributed by atoms with E-state index in [4.69, 9.17) is 32.2 Å². The summed E-state index contributed by atoms with van der Waals surface area (Å²) in [6.07, 6.45) is 0. The van der Waals surface area contributed by atoms with Crippen LogP contribution in [0.3, 0.4) is 0 Å². The van der Waals surface area contributed by atoms with Crippen molar-refractivity contribution < 1.29 is 18.6 Å². The fourth-order valence-corrected chi connectivity index (χ4v) is 1.93. The van der Waals surface area contributed by atoms with Gasteiger partial charge in [-0.2, -0.15) is 0 Å². The molecular formula is C14H10FNO3S. The van der Waals surface area contributed by atoms with Crippen LogP contribution in [0.1, 0.15) is 5.56 Å². The predicted octanol–water partition coefficient (Wildman–Crippen LogP) is 2.98. The molecule has 6 heteroatoms. The van der Waals surface area contributed by atoms with Crippen LogP contribution in [0.25, 0.3) is 0 Å². The van der Waals surface area contributed by atoms with Gasteiger partial charge in [0.25, 0.3) is 0 Å². The Morgan fingerprint density at radius 2 is 1.95 bits per heavy atom. The van der Waals surface area contributed by atoms with Crippen molar-refractivity contribution >= 4 is 17.2 Å². The van der Waals surface area contributed by atoms with Crippen molar-refractivity contribution in [3.8, 4) is 23.0 Å². The molecule has 1 aliphatic heterocycles. The van der Waals surface area contributed by atoms with Crippen LogP contribution < -0.4 is 19.9 Å². The number of benzene rings is 2. The van der Waals surface area contributed by atoms with E-state index in [1.165, 1.54) is 12.1 Å². The van der Waals surface area contributed by atoms with Crippen molar-refractivity contribution in [2.24, 2.45) is 5.73 Å². The summed E-state index contributed by atoms with van der Waals surface area (Å²) in [5, 5.41) is 0. The summed E-state index contributed by atoms with van der Waals surface area (Å²) < 4.78 is 29.8. The zero-order valence-electron chi connectivity index (χ0n) is 10.3. The van der Waals surface area contributed by atoms with Crippen molar-refractivity contribution in [3.63, 3.8) is 0 Å². The summed E-state index contributed by atoms with van der Waals surface area (Å²) in [4.78, 5) is 0.138. The highest BCUT2D eigenvalue weighted by molar-refractivity contribution is 7.80. The Morgan fingerprint density at radius 1 is 1.15 bits per heavy atom. The Bertz CT molecular complexity index is 690. The minimum Gasteiger partial charge on any atom is -0.454 e. The summed E-state index contributed by atoms with van der Waals surface area (Å²) >= 11 is 4.79. The predicted molar refractivity (Wildman–Crippen MR) is 74.9 cm³/mol. The summed E-state index contributed by atoms with van der Waals surface area (Å²) in [7, 11) is 0. The zero-order valence-corrected chi connectivity index (χ0v) is 11.1. The van der Waals surface area contributed by atoms with Crippen LogP contribution in [0, 0.1) is 5.82 Å². The second-order valence-electron chi connectivity index (χ2n) is 4.13. The first-order valence-electron chi connectivity index (χ1n) is 5.80. The highest BCUT2D eigenvalue weighted by Crippen LogP contribution is 2.37. The normalized spacial score (nSPS) is 12.2. The van der Waals surface area contributed by atoms with E-state index < -0.39 is 5.82 Å². The molecule has 20 heavy (non-hydrogen) atoms. The average Bonchev–Trinajstić information content (AvgIpc) is 2.88. The maximum absolute atomic E-state index is 13.9. The maximum atomic E-state index is 13.9. The Morgan fingerprint density at radius 3 is 2.70 bits per heavy atom. The molecule has 0 spiro atoms. The molecule has 3 rings (SSSR count). The van der Waals surface area contributed by atoms with E-state index in [1.54, 1.807) is 24.3 Å². The van der Waals surface area contributed by atoms with Gasteiger partial charge in [0.05, 0.1) is 0 Å². The first kappa shape index (κ1) is 12.7. The molecule has 0 radical (unpaired) electrons. The number of hydrogen-bond donors (Lipinski definition) is 1. The molecule has 0 amide bonds. The van der Waals surface area contributed by atoms with Gasteiger partial charge in [0.15, 0.2) is 23.1 Å². The van der Waals surface area contributed by atoms with Crippen LogP contribution >= 0.6 is 12.2 Å². The van der Waals surface area contributed by atoms with Gasteiger partial charge in [0, 0.05) is 11.6 Å². The van der Waals surface area contributed by atoms with Crippen LogP contribution in [0.2, 0.25) is 0 Å². The molecule has 0 aliphatic carbocycles. The smallest absolute Gasteiger partial charge is 0.231 e. The minimum atomic E-state index is -0.534. The van der Waals surface area contributed by atoms with Gasteiger partial charge in [-0.15, -0.1) is 0 Å². The molecule has 0 bridgehead atoms. The van der Waals surface area contributed by atoms with Crippen molar-refractivity contribution in [2.45, 2.75) is 0 Å². The number of halogens is 1. The van der Waals surface area contributed by atoms with Gasteiger partial charge in [-0.05, 0) is 30.3 Å². The standard InChI is InChI=1S/C14H10FNO3S/c15-10-5-8(14(16)20)1-3-11(10)19-9-2-4-12-13(6-9)18-7-17-12/h1-6H,7H2,(H2,16,20). The van der Waals surface area contributed by atoms with Crippen LogP contribution in [-0.2, 0) is 0 Å². The summed E-state index contributed by atoms with van der Waals surface area (Å²) in [6, 6.07) is 9.35. The number of thiocarbonyl (C=S) groups is 1. The molecule has 2 aromatic rings. The lowest BCUT2D eigenvalue weighted by Crippen LogP contribution is -2.09. The molecule has 0 unspecified atom stereocenters. The summed E-state index contributed by atoms with van der Waals surface area (Å²) in [5.74, 6) is 1.22. The van der Waals surface area contributed by atoms with Crippen molar-refractivity contribution in [1.82, 2.24) is 0 Å². The molecule has 4 nitrogen and oxygen atoms in total. The van der Waals surface area contributed by atoms with E-state index in [-0.39, 0.29) is 17.5 Å². The SMILES string of the molecule is NC(=S)c1ccc(Oc2ccc3c(c2)OCO3)c(F)c1. The third-order valence-corrected chi connectivity index (χ3v) is 3.02. The lowest BCUT2D eigenvalue weighted by molar-refractivity contribution is 0.174. The van der Waals surface area contributed by atoms with E-state index in [2.05, 4.69) is 0 Å². The molecule has 0 saturated carbocycles. The van der Waals surface area contributed by atoms with E-state index in [0.717, 1.165) is 0 Å². The Balaban J connectivity index is 1.86. The molecule has 0 aromatic heterocycles. The number of ether oxygens (including phenoxy) is 3. The number of rotatable bonds is 3. The van der Waals surface area contributed by atoms with Crippen molar-refractivity contribution in [1.29, 1.82) is 0 Å². The van der Waals surface area contributed by atoms with E-state index >= 15 is 0 Å². The molecule has 0 fully saturated rings. The van der Waals surface area contributed by atoms with Gasteiger partial charge in [-0.25, -0.2) is 4.39 Å². The van der Waals surface area contributed by atoms with Gasteiger partial charge < -0.3 is 19.9 Å². The number of hydrogen-bond acceptors (Lipinski definition) is 4. The lowest BCUT2D eigenvalue weighted by atomic mass is 10.2. The van der Waals surface area contributed by atoms with Gasteiger partial charge in [0.1, 0.15) is 10.7 Å². The molecule has 1 aliphatic rings. The van der Waals surface area contributed by atoms with Crippen molar-refractivity contribution in [3.05, 3.63) is 47.8 Å². The van der Waals surface area contributed by atoms with E-state index in [9.17, 15) is 4.39 Å². The molecule has 0 saturated heterocycles. The maximum Gasteiger partial charge on any atom is 0.231 e. The van der Waals surface area contributed by atoms with Crippen LogP contribution in [-0.4, -0.2) is 11.8 Å². The average molecular weight is 291 g/mol. The summed E-state index contributed by atoms with van der Waals surface area (Å²) in [6.45, 7) is 0.176.